The Labute approximate surface area is 139 Å². The molecule has 0 radical (unpaired) electrons. The molecule has 0 saturated heterocycles. The minimum Gasteiger partial charge on any atom is -0.480 e. The Morgan fingerprint density at radius 2 is 1.87 bits per heavy atom. The van der Waals surface area contributed by atoms with Gasteiger partial charge in [0.1, 0.15) is 11.6 Å². The van der Waals surface area contributed by atoms with Gasteiger partial charge in [-0.05, 0) is 34.6 Å². The predicted octanol–water partition coefficient (Wildman–Crippen LogP) is 2.48. The lowest BCUT2D eigenvalue weighted by atomic mass is 10.2. The van der Waals surface area contributed by atoms with Crippen molar-refractivity contribution in [3.63, 3.8) is 0 Å². The molecule has 0 saturated carbocycles. The maximum atomic E-state index is 11.8. The van der Waals surface area contributed by atoms with Crippen molar-refractivity contribution in [1.82, 2.24) is 10.2 Å². The predicted molar refractivity (Wildman–Crippen MR) is 90.2 cm³/mol. The molecular weight excluding hydrogens is 296 g/mol. The minimum absolute atomic E-state index is 0.231. The normalized spacial score (nSPS) is 13.7. The Morgan fingerprint density at radius 3 is 2.35 bits per heavy atom. The van der Waals surface area contributed by atoms with Crippen LogP contribution in [0.4, 0.5) is 4.79 Å². The lowest BCUT2D eigenvalue weighted by Crippen LogP contribution is -2.48. The zero-order valence-corrected chi connectivity index (χ0v) is 15.1. The van der Waals surface area contributed by atoms with Gasteiger partial charge in [-0.1, -0.05) is 6.92 Å². The molecule has 0 aliphatic carbocycles. The van der Waals surface area contributed by atoms with E-state index in [0.29, 0.717) is 19.5 Å². The van der Waals surface area contributed by atoms with Crippen molar-refractivity contribution in [2.45, 2.75) is 72.1 Å². The summed E-state index contributed by atoms with van der Waals surface area (Å²) in [6, 6.07) is -0.868. The van der Waals surface area contributed by atoms with Gasteiger partial charge in [0.15, 0.2) is 0 Å². The molecule has 0 fully saturated rings. The van der Waals surface area contributed by atoms with E-state index in [4.69, 9.17) is 4.74 Å². The van der Waals surface area contributed by atoms with E-state index < -0.39 is 23.7 Å². The highest BCUT2D eigenvalue weighted by molar-refractivity contribution is 5.73. The second-order valence-electron chi connectivity index (χ2n) is 6.51. The fourth-order valence-electron chi connectivity index (χ4n) is 1.92. The molecule has 0 aliphatic heterocycles. The summed E-state index contributed by atoms with van der Waals surface area (Å²) in [7, 11) is 0. The number of rotatable bonds is 7. The number of amides is 1. The highest BCUT2D eigenvalue weighted by Crippen LogP contribution is 2.08. The van der Waals surface area contributed by atoms with Crippen molar-refractivity contribution in [2.24, 2.45) is 0 Å². The fourth-order valence-corrected chi connectivity index (χ4v) is 1.92. The maximum absolute atomic E-state index is 11.8. The Kier molecular flexibility index (Phi) is 9.35. The molecule has 6 nitrogen and oxygen atoms in total. The Balaban J connectivity index is 4.61. The monoisotopic (exact) mass is 326 g/mol. The van der Waals surface area contributed by atoms with Crippen molar-refractivity contribution in [3.05, 3.63) is 0 Å². The van der Waals surface area contributed by atoms with Crippen molar-refractivity contribution in [1.29, 1.82) is 0 Å². The molecule has 0 aromatic rings. The van der Waals surface area contributed by atoms with Gasteiger partial charge in [-0.15, -0.1) is 11.8 Å². The van der Waals surface area contributed by atoms with Crippen LogP contribution in [0.3, 0.4) is 0 Å². The summed E-state index contributed by atoms with van der Waals surface area (Å²) in [6.45, 7) is 11.8. The third-order valence-corrected chi connectivity index (χ3v) is 3.00. The van der Waals surface area contributed by atoms with Crippen LogP contribution in [0.5, 0.6) is 0 Å². The highest BCUT2D eigenvalue weighted by Gasteiger charge is 2.23. The third kappa shape index (κ3) is 10.6. The number of alkyl carbamates (subject to hydrolysis) is 1. The first kappa shape index (κ1) is 21.3. The van der Waals surface area contributed by atoms with Crippen LogP contribution in [-0.2, 0) is 9.53 Å². The summed E-state index contributed by atoms with van der Waals surface area (Å²) in [6.07, 6.45) is 0.883. The number of ether oxygens (including phenoxy) is 1. The van der Waals surface area contributed by atoms with Crippen LogP contribution < -0.4 is 5.32 Å². The van der Waals surface area contributed by atoms with Crippen LogP contribution in [-0.4, -0.2) is 52.8 Å². The molecule has 132 valence electrons. The van der Waals surface area contributed by atoms with Crippen molar-refractivity contribution < 1.29 is 19.4 Å². The topological polar surface area (TPSA) is 78.9 Å². The summed E-state index contributed by atoms with van der Waals surface area (Å²) in [5.41, 5.74) is -0.562. The average Bonchev–Trinajstić information content (AvgIpc) is 2.38. The molecule has 0 aromatic carbocycles. The quantitative estimate of drug-likeness (QED) is 0.703. The first-order chi connectivity index (χ1) is 10.6. The van der Waals surface area contributed by atoms with Crippen LogP contribution in [0.15, 0.2) is 0 Å². The standard InChI is InChI=1S/C17H30N2O4/c1-7-8-9-10-11-19(14(3)15(20)21)12-13(2)18-16(22)23-17(4,5)6/h13-14H,7,10-12H2,1-6H3,(H,18,22)(H,20,21)/t13-,14?/m1/s1. The fraction of sp³-hybridized carbons (Fsp3) is 0.765. The van der Waals surface area contributed by atoms with Gasteiger partial charge in [0.2, 0.25) is 0 Å². The average molecular weight is 326 g/mol. The van der Waals surface area contributed by atoms with Crippen LogP contribution in [0.1, 0.15) is 54.4 Å². The van der Waals surface area contributed by atoms with E-state index in [0.717, 1.165) is 6.42 Å². The van der Waals surface area contributed by atoms with Crippen molar-refractivity contribution in [2.75, 3.05) is 13.1 Å². The molecule has 0 rings (SSSR count). The van der Waals surface area contributed by atoms with Crippen LogP contribution in [0, 0.1) is 11.8 Å². The van der Waals surface area contributed by atoms with Gasteiger partial charge < -0.3 is 15.2 Å². The summed E-state index contributed by atoms with van der Waals surface area (Å²) < 4.78 is 5.20. The molecule has 6 heteroatoms. The number of carbonyl (C=O) groups excluding carboxylic acids is 1. The maximum Gasteiger partial charge on any atom is 0.407 e. The second-order valence-corrected chi connectivity index (χ2v) is 6.51. The zero-order valence-electron chi connectivity index (χ0n) is 15.1. The van der Waals surface area contributed by atoms with E-state index >= 15 is 0 Å². The summed E-state index contributed by atoms with van der Waals surface area (Å²) in [4.78, 5) is 24.8. The molecule has 1 amide bonds. The number of hydrogen-bond donors (Lipinski definition) is 2. The van der Waals surface area contributed by atoms with E-state index in [1.54, 1.807) is 32.6 Å². The van der Waals surface area contributed by atoms with E-state index in [1.165, 1.54) is 0 Å². The first-order valence-electron chi connectivity index (χ1n) is 7.99. The van der Waals surface area contributed by atoms with Crippen molar-refractivity contribution >= 4 is 12.1 Å². The summed E-state index contributed by atoms with van der Waals surface area (Å²) in [5.74, 6) is 5.09. The van der Waals surface area contributed by atoms with Gasteiger partial charge in [0.25, 0.3) is 0 Å². The summed E-state index contributed by atoms with van der Waals surface area (Å²) >= 11 is 0. The largest absolute Gasteiger partial charge is 0.480 e. The van der Waals surface area contributed by atoms with Gasteiger partial charge in [-0.2, -0.15) is 0 Å². The molecular formula is C17H30N2O4. The van der Waals surface area contributed by atoms with Crippen LogP contribution in [0.2, 0.25) is 0 Å². The van der Waals surface area contributed by atoms with Crippen molar-refractivity contribution in [3.8, 4) is 11.8 Å². The molecule has 0 heterocycles. The molecule has 2 atom stereocenters. The Bertz CT molecular complexity index is 446. The van der Waals surface area contributed by atoms with E-state index in [2.05, 4.69) is 17.2 Å². The number of nitrogens with zero attached hydrogens (tertiary/aromatic N) is 1. The highest BCUT2D eigenvalue weighted by atomic mass is 16.6. The number of carbonyl (C=O) groups is 2. The third-order valence-electron chi connectivity index (χ3n) is 3.00. The van der Waals surface area contributed by atoms with E-state index in [1.807, 2.05) is 13.8 Å². The van der Waals surface area contributed by atoms with Gasteiger partial charge in [-0.3, -0.25) is 9.69 Å². The molecule has 0 spiro atoms. The number of aliphatic carboxylic acids is 1. The van der Waals surface area contributed by atoms with Gasteiger partial charge >= 0.3 is 12.1 Å². The lowest BCUT2D eigenvalue weighted by molar-refractivity contribution is -0.142. The number of nitrogens with one attached hydrogen (secondary N) is 1. The molecule has 0 aliphatic rings. The van der Waals surface area contributed by atoms with Crippen LogP contribution in [0.25, 0.3) is 0 Å². The lowest BCUT2D eigenvalue weighted by Gasteiger charge is -2.29. The van der Waals surface area contributed by atoms with Crippen LogP contribution >= 0.6 is 0 Å². The smallest absolute Gasteiger partial charge is 0.407 e. The molecule has 0 bridgehead atoms. The number of hydrogen-bond acceptors (Lipinski definition) is 4. The summed E-state index contributed by atoms with van der Waals surface area (Å²) in [5, 5.41) is 11.9. The van der Waals surface area contributed by atoms with E-state index in [-0.39, 0.29) is 6.04 Å². The molecule has 2 N–H and O–H groups in total. The van der Waals surface area contributed by atoms with E-state index in [9.17, 15) is 14.7 Å². The van der Waals surface area contributed by atoms with Gasteiger partial charge in [0.05, 0.1) is 0 Å². The SMILES string of the molecule is CCC#CCCN(C[C@@H](C)NC(=O)OC(C)(C)C)C(C)C(=O)O. The first-order valence-corrected chi connectivity index (χ1v) is 7.99. The number of carboxylic acid groups (broad SMARTS) is 1. The Morgan fingerprint density at radius 1 is 1.26 bits per heavy atom. The Hall–Kier alpha value is -1.74. The second kappa shape index (κ2) is 10.1. The minimum atomic E-state index is -0.891. The van der Waals surface area contributed by atoms with Gasteiger partial charge in [-0.25, -0.2) is 4.79 Å². The van der Waals surface area contributed by atoms with Gasteiger partial charge in [0, 0.05) is 32.0 Å². The molecule has 0 aromatic heterocycles. The molecule has 1 unspecified atom stereocenters. The zero-order chi connectivity index (χ0) is 18.0. The number of carboxylic acids is 1. The molecule has 23 heavy (non-hydrogen) atoms.